The number of benzene rings is 1. The molecule has 5 heteroatoms. The third-order valence-corrected chi connectivity index (χ3v) is 2.67. The Morgan fingerprint density at radius 3 is 2.95 bits per heavy atom. The lowest BCUT2D eigenvalue weighted by Gasteiger charge is -2.04. The van der Waals surface area contributed by atoms with Gasteiger partial charge in [-0.25, -0.2) is 9.37 Å². The van der Waals surface area contributed by atoms with Gasteiger partial charge in [-0.15, -0.1) is 0 Å². The number of nitrogens with two attached hydrogens (primary N) is 1. The van der Waals surface area contributed by atoms with Gasteiger partial charge in [0.05, 0.1) is 23.7 Å². The standard InChI is InChI=1S/C14H15FN4/c1-10(17)2-14-8-19(9-18-14)7-12-3-11(6-16)4-13(15)5-12/h3-5,8-10H,2,7,17H2,1H3. The summed E-state index contributed by atoms with van der Waals surface area (Å²) in [5, 5.41) is 8.81. The van der Waals surface area contributed by atoms with Crippen molar-refractivity contribution in [1.82, 2.24) is 9.55 Å². The zero-order chi connectivity index (χ0) is 13.8. The fourth-order valence-corrected chi connectivity index (χ4v) is 1.95. The Morgan fingerprint density at radius 1 is 1.47 bits per heavy atom. The van der Waals surface area contributed by atoms with E-state index < -0.39 is 5.82 Å². The van der Waals surface area contributed by atoms with Gasteiger partial charge in [-0.05, 0) is 30.7 Å². The Balaban J connectivity index is 2.15. The van der Waals surface area contributed by atoms with E-state index in [0.717, 1.165) is 11.3 Å². The second-order valence-corrected chi connectivity index (χ2v) is 4.68. The molecule has 0 aliphatic heterocycles. The lowest BCUT2D eigenvalue weighted by Crippen LogP contribution is -2.17. The van der Waals surface area contributed by atoms with Crippen molar-refractivity contribution in [3.05, 3.63) is 53.4 Å². The zero-order valence-electron chi connectivity index (χ0n) is 10.7. The van der Waals surface area contributed by atoms with Crippen LogP contribution >= 0.6 is 0 Å². The van der Waals surface area contributed by atoms with Gasteiger partial charge >= 0.3 is 0 Å². The van der Waals surface area contributed by atoms with Crippen LogP contribution in [0.5, 0.6) is 0 Å². The molecule has 2 aromatic rings. The molecule has 0 bridgehead atoms. The summed E-state index contributed by atoms with van der Waals surface area (Å²) < 4.78 is 15.2. The summed E-state index contributed by atoms with van der Waals surface area (Å²) in [6, 6.07) is 6.32. The predicted octanol–water partition coefficient (Wildman–Crippen LogP) is 1.83. The zero-order valence-corrected chi connectivity index (χ0v) is 10.7. The van der Waals surface area contributed by atoms with Crippen molar-refractivity contribution >= 4 is 0 Å². The maximum atomic E-state index is 13.3. The second-order valence-electron chi connectivity index (χ2n) is 4.68. The Hall–Kier alpha value is -2.19. The number of imidazole rings is 1. The van der Waals surface area contributed by atoms with Crippen LogP contribution in [0.2, 0.25) is 0 Å². The van der Waals surface area contributed by atoms with E-state index in [1.54, 1.807) is 12.4 Å². The summed E-state index contributed by atoms with van der Waals surface area (Å²) in [5.41, 5.74) is 7.68. The number of hydrogen-bond acceptors (Lipinski definition) is 3. The smallest absolute Gasteiger partial charge is 0.124 e. The van der Waals surface area contributed by atoms with Crippen LogP contribution in [0.15, 0.2) is 30.7 Å². The molecule has 0 amide bonds. The van der Waals surface area contributed by atoms with Gasteiger partial charge in [0.1, 0.15) is 5.82 Å². The largest absolute Gasteiger partial charge is 0.333 e. The molecule has 1 atom stereocenters. The topological polar surface area (TPSA) is 67.6 Å². The molecule has 98 valence electrons. The first-order valence-corrected chi connectivity index (χ1v) is 6.02. The molecule has 0 aliphatic rings. The first kappa shape index (κ1) is 13.2. The number of rotatable bonds is 4. The maximum absolute atomic E-state index is 13.3. The molecule has 2 rings (SSSR count). The van der Waals surface area contributed by atoms with Gasteiger partial charge in [-0.1, -0.05) is 0 Å². The Kier molecular flexibility index (Phi) is 3.93. The molecular weight excluding hydrogens is 243 g/mol. The quantitative estimate of drug-likeness (QED) is 0.909. The maximum Gasteiger partial charge on any atom is 0.124 e. The second kappa shape index (κ2) is 5.63. The van der Waals surface area contributed by atoms with Crippen LogP contribution in [0.1, 0.15) is 23.7 Å². The third-order valence-electron chi connectivity index (χ3n) is 2.67. The van der Waals surface area contributed by atoms with Gasteiger partial charge in [-0.2, -0.15) is 5.26 Å². The number of nitriles is 1. The van der Waals surface area contributed by atoms with Crippen molar-refractivity contribution in [2.24, 2.45) is 5.73 Å². The lowest BCUT2D eigenvalue weighted by atomic mass is 10.1. The summed E-state index contributed by atoms with van der Waals surface area (Å²) in [7, 11) is 0. The minimum absolute atomic E-state index is 0.0581. The highest BCUT2D eigenvalue weighted by Gasteiger charge is 2.04. The molecule has 1 aromatic carbocycles. The van der Waals surface area contributed by atoms with Crippen LogP contribution in [-0.4, -0.2) is 15.6 Å². The van der Waals surface area contributed by atoms with Gasteiger partial charge in [0, 0.05) is 25.2 Å². The highest BCUT2D eigenvalue weighted by atomic mass is 19.1. The molecule has 1 aromatic heterocycles. The minimum Gasteiger partial charge on any atom is -0.333 e. The number of aromatic nitrogens is 2. The molecule has 0 saturated carbocycles. The minimum atomic E-state index is -0.398. The van der Waals surface area contributed by atoms with Gasteiger partial charge < -0.3 is 10.3 Å². The number of nitrogens with zero attached hydrogens (tertiary/aromatic N) is 3. The van der Waals surface area contributed by atoms with Gasteiger partial charge in [0.25, 0.3) is 0 Å². The van der Waals surface area contributed by atoms with Crippen LogP contribution in [0.25, 0.3) is 0 Å². The van der Waals surface area contributed by atoms with E-state index in [2.05, 4.69) is 4.98 Å². The van der Waals surface area contributed by atoms with E-state index in [4.69, 9.17) is 11.0 Å². The van der Waals surface area contributed by atoms with E-state index in [0.29, 0.717) is 18.5 Å². The molecule has 19 heavy (non-hydrogen) atoms. The van der Waals surface area contributed by atoms with Crippen molar-refractivity contribution < 1.29 is 4.39 Å². The average Bonchev–Trinajstić information content (AvgIpc) is 2.74. The molecule has 0 radical (unpaired) electrons. The fraction of sp³-hybridized carbons (Fsp3) is 0.286. The van der Waals surface area contributed by atoms with Crippen LogP contribution in [0.4, 0.5) is 4.39 Å². The first-order valence-electron chi connectivity index (χ1n) is 6.02. The predicted molar refractivity (Wildman–Crippen MR) is 69.8 cm³/mol. The Morgan fingerprint density at radius 2 is 2.26 bits per heavy atom. The highest BCUT2D eigenvalue weighted by molar-refractivity contribution is 5.33. The summed E-state index contributed by atoms with van der Waals surface area (Å²) in [5.74, 6) is -0.398. The first-order chi connectivity index (χ1) is 9.06. The summed E-state index contributed by atoms with van der Waals surface area (Å²) in [6.07, 6.45) is 4.29. The van der Waals surface area contributed by atoms with Gasteiger partial charge in [0.2, 0.25) is 0 Å². The molecule has 1 unspecified atom stereocenters. The van der Waals surface area contributed by atoms with Crippen LogP contribution < -0.4 is 5.73 Å². The van der Waals surface area contributed by atoms with Crippen molar-refractivity contribution in [2.75, 3.05) is 0 Å². The van der Waals surface area contributed by atoms with Gasteiger partial charge in [-0.3, -0.25) is 0 Å². The third kappa shape index (κ3) is 3.63. The highest BCUT2D eigenvalue weighted by Crippen LogP contribution is 2.11. The fourth-order valence-electron chi connectivity index (χ4n) is 1.95. The van der Waals surface area contributed by atoms with Crippen molar-refractivity contribution in [1.29, 1.82) is 5.26 Å². The van der Waals surface area contributed by atoms with Gasteiger partial charge in [0.15, 0.2) is 0 Å². The number of halogens is 1. The van der Waals surface area contributed by atoms with E-state index in [-0.39, 0.29) is 6.04 Å². The molecule has 2 N–H and O–H groups in total. The summed E-state index contributed by atoms with van der Waals surface area (Å²) in [6.45, 7) is 2.41. The van der Waals surface area contributed by atoms with Crippen LogP contribution in [0.3, 0.4) is 0 Å². The average molecular weight is 258 g/mol. The molecule has 4 nitrogen and oxygen atoms in total. The Labute approximate surface area is 111 Å². The van der Waals surface area contributed by atoms with E-state index in [1.807, 2.05) is 23.8 Å². The van der Waals surface area contributed by atoms with Crippen molar-refractivity contribution in [3.8, 4) is 6.07 Å². The van der Waals surface area contributed by atoms with E-state index in [9.17, 15) is 4.39 Å². The summed E-state index contributed by atoms with van der Waals surface area (Å²) >= 11 is 0. The molecule has 0 fully saturated rings. The molecule has 0 spiro atoms. The van der Waals surface area contributed by atoms with Crippen LogP contribution in [0, 0.1) is 17.1 Å². The van der Waals surface area contributed by atoms with E-state index >= 15 is 0 Å². The van der Waals surface area contributed by atoms with Crippen molar-refractivity contribution in [2.45, 2.75) is 25.9 Å². The van der Waals surface area contributed by atoms with Crippen molar-refractivity contribution in [3.63, 3.8) is 0 Å². The van der Waals surface area contributed by atoms with Crippen LogP contribution in [-0.2, 0) is 13.0 Å². The molecule has 1 heterocycles. The SMILES string of the molecule is CC(N)Cc1cn(Cc2cc(F)cc(C#N)c2)cn1. The molecule has 0 aliphatic carbocycles. The van der Waals surface area contributed by atoms with E-state index in [1.165, 1.54) is 12.1 Å². The number of hydrogen-bond donors (Lipinski definition) is 1. The Bertz CT molecular complexity index is 610. The molecular formula is C14H15FN4. The normalized spacial score (nSPS) is 12.1. The molecule has 0 saturated heterocycles. The lowest BCUT2D eigenvalue weighted by molar-refractivity contribution is 0.623. The monoisotopic (exact) mass is 258 g/mol. The summed E-state index contributed by atoms with van der Waals surface area (Å²) in [4.78, 5) is 4.24.